The van der Waals surface area contributed by atoms with Crippen LogP contribution in [-0.4, -0.2) is 35.9 Å². The number of aryl methyl sites for hydroxylation is 2. The molecule has 1 amide bonds. The van der Waals surface area contributed by atoms with Gasteiger partial charge < -0.3 is 19.8 Å². The highest BCUT2D eigenvalue weighted by molar-refractivity contribution is 6.02. The number of ether oxygens (including phenoxy) is 2. The maximum atomic E-state index is 12.4. The maximum absolute atomic E-state index is 12.4. The molecule has 1 unspecified atom stereocenters. The number of Topliss-reactive ketones (excluding diaryl/α,β-unsaturated/α-hetero) is 1. The van der Waals surface area contributed by atoms with Crippen LogP contribution in [0.3, 0.4) is 0 Å². The summed E-state index contributed by atoms with van der Waals surface area (Å²) in [5.41, 5.74) is 3.18. The zero-order valence-corrected chi connectivity index (χ0v) is 16.4. The Balaban J connectivity index is 2.13. The fraction of sp³-hybridized carbons (Fsp3) is 0.350. The molecule has 0 aliphatic carbocycles. The lowest BCUT2D eigenvalue weighted by Crippen LogP contribution is -2.30. The van der Waals surface area contributed by atoms with E-state index in [4.69, 9.17) is 9.47 Å². The van der Waals surface area contributed by atoms with E-state index >= 15 is 0 Å². The number of amides is 1. The Labute approximate surface area is 158 Å². The number of rotatable bonds is 6. The van der Waals surface area contributed by atoms with Gasteiger partial charge in [0.2, 0.25) is 0 Å². The summed E-state index contributed by atoms with van der Waals surface area (Å²) in [7, 11) is 1.51. The number of ketones is 1. The van der Waals surface area contributed by atoms with Crippen LogP contribution in [0, 0.1) is 20.8 Å². The molecule has 2 N–H and O–H groups in total. The largest absolute Gasteiger partial charge is 0.495 e. The number of carbonyl (C=O) groups excluding carboxylic acids is 3. The van der Waals surface area contributed by atoms with Crippen molar-refractivity contribution in [3.8, 4) is 5.75 Å². The lowest BCUT2D eigenvalue weighted by molar-refractivity contribution is -0.123. The molecule has 144 valence electrons. The van der Waals surface area contributed by atoms with Crippen LogP contribution in [0.2, 0.25) is 0 Å². The molecule has 1 atom stereocenters. The van der Waals surface area contributed by atoms with Crippen LogP contribution in [-0.2, 0) is 9.53 Å². The van der Waals surface area contributed by atoms with Crippen LogP contribution in [0.15, 0.2) is 18.2 Å². The monoisotopic (exact) mass is 372 g/mol. The van der Waals surface area contributed by atoms with Gasteiger partial charge in [0, 0.05) is 11.3 Å². The van der Waals surface area contributed by atoms with Gasteiger partial charge in [-0.3, -0.25) is 9.59 Å². The summed E-state index contributed by atoms with van der Waals surface area (Å²) in [6.45, 7) is 8.18. The van der Waals surface area contributed by atoms with Gasteiger partial charge in [0.05, 0.1) is 12.8 Å². The molecule has 0 radical (unpaired) electrons. The molecule has 27 heavy (non-hydrogen) atoms. The number of esters is 1. The van der Waals surface area contributed by atoms with E-state index in [2.05, 4.69) is 10.3 Å². The second kappa shape index (κ2) is 8.07. The average Bonchev–Trinajstić information content (AvgIpc) is 2.89. The Morgan fingerprint density at radius 3 is 2.37 bits per heavy atom. The Hall–Kier alpha value is -3.09. The van der Waals surface area contributed by atoms with Crippen LogP contribution in [0.25, 0.3) is 0 Å². The van der Waals surface area contributed by atoms with Crippen molar-refractivity contribution in [2.45, 2.75) is 40.7 Å². The minimum atomic E-state index is -1.04. The fourth-order valence-electron chi connectivity index (χ4n) is 2.91. The first-order valence-electron chi connectivity index (χ1n) is 8.52. The minimum Gasteiger partial charge on any atom is -0.495 e. The number of methoxy groups -OCH3 is 1. The number of benzene rings is 1. The minimum absolute atomic E-state index is 0.141. The molecule has 0 aliphatic heterocycles. The van der Waals surface area contributed by atoms with Crippen LogP contribution in [0.5, 0.6) is 5.75 Å². The van der Waals surface area contributed by atoms with Crippen molar-refractivity contribution < 1.29 is 23.9 Å². The molecular weight excluding hydrogens is 348 g/mol. The van der Waals surface area contributed by atoms with Crippen LogP contribution >= 0.6 is 0 Å². The normalized spacial score (nSPS) is 11.6. The molecule has 7 nitrogen and oxygen atoms in total. The Morgan fingerprint density at radius 1 is 1.15 bits per heavy atom. The van der Waals surface area contributed by atoms with Gasteiger partial charge in [-0.2, -0.15) is 0 Å². The van der Waals surface area contributed by atoms with E-state index < -0.39 is 18.0 Å². The van der Waals surface area contributed by atoms with E-state index in [1.54, 1.807) is 26.0 Å². The third kappa shape index (κ3) is 4.36. The number of anilines is 1. The molecule has 0 fully saturated rings. The predicted octanol–water partition coefficient (Wildman–Crippen LogP) is 3.34. The number of aromatic nitrogens is 1. The lowest BCUT2D eigenvalue weighted by atomic mass is 10.1. The molecule has 0 saturated carbocycles. The molecule has 2 rings (SSSR count). The molecular formula is C20H24N2O5. The molecule has 0 saturated heterocycles. The van der Waals surface area contributed by atoms with Crippen LogP contribution in [0.1, 0.15) is 51.5 Å². The molecule has 1 heterocycles. The first-order valence-corrected chi connectivity index (χ1v) is 8.52. The standard InChI is InChI=1S/C20H24N2O5/c1-10-7-8-16(26-6)15(9-10)22-19(24)14(5)27-20(25)18-11(2)17(13(4)23)12(3)21-18/h7-9,14,21H,1-6H3,(H,22,24). The van der Waals surface area contributed by atoms with E-state index in [1.165, 1.54) is 21.0 Å². The van der Waals surface area contributed by atoms with Gasteiger partial charge in [0.1, 0.15) is 11.4 Å². The van der Waals surface area contributed by atoms with Gasteiger partial charge in [0.15, 0.2) is 11.9 Å². The summed E-state index contributed by atoms with van der Waals surface area (Å²) in [6.07, 6.45) is -1.04. The summed E-state index contributed by atoms with van der Waals surface area (Å²) in [6, 6.07) is 5.37. The number of hydrogen-bond acceptors (Lipinski definition) is 5. The van der Waals surface area contributed by atoms with E-state index in [0.717, 1.165) is 5.56 Å². The third-order valence-corrected chi connectivity index (χ3v) is 4.26. The Kier molecular flexibility index (Phi) is 6.05. The first kappa shape index (κ1) is 20.2. The maximum Gasteiger partial charge on any atom is 0.355 e. The summed E-state index contributed by atoms with van der Waals surface area (Å²) < 4.78 is 10.5. The van der Waals surface area contributed by atoms with Crippen molar-refractivity contribution in [1.82, 2.24) is 4.98 Å². The lowest BCUT2D eigenvalue weighted by Gasteiger charge is -2.15. The zero-order chi connectivity index (χ0) is 20.3. The number of H-pyrrole nitrogens is 1. The molecule has 2 aromatic rings. The summed E-state index contributed by atoms with van der Waals surface area (Å²) in [5.74, 6) is -0.811. The number of hydrogen-bond donors (Lipinski definition) is 2. The van der Waals surface area contributed by atoms with E-state index in [0.29, 0.717) is 28.3 Å². The number of aromatic amines is 1. The van der Waals surface area contributed by atoms with Crippen LogP contribution < -0.4 is 10.1 Å². The van der Waals surface area contributed by atoms with Gasteiger partial charge in [-0.25, -0.2) is 4.79 Å². The molecule has 0 aliphatic rings. The van der Waals surface area contributed by atoms with Crippen molar-refractivity contribution in [3.63, 3.8) is 0 Å². The van der Waals surface area contributed by atoms with Crippen molar-refractivity contribution in [3.05, 3.63) is 46.3 Å². The van der Waals surface area contributed by atoms with Crippen LogP contribution in [0.4, 0.5) is 5.69 Å². The third-order valence-electron chi connectivity index (χ3n) is 4.26. The molecule has 0 spiro atoms. The summed E-state index contributed by atoms with van der Waals surface area (Å²) >= 11 is 0. The summed E-state index contributed by atoms with van der Waals surface area (Å²) in [5, 5.41) is 2.70. The van der Waals surface area contributed by atoms with Gasteiger partial charge in [-0.05, 0) is 57.9 Å². The van der Waals surface area contributed by atoms with Gasteiger partial charge in [-0.1, -0.05) is 6.07 Å². The summed E-state index contributed by atoms with van der Waals surface area (Å²) in [4.78, 5) is 39.4. The second-order valence-electron chi connectivity index (χ2n) is 6.42. The quantitative estimate of drug-likeness (QED) is 0.599. The smallest absolute Gasteiger partial charge is 0.355 e. The van der Waals surface area contributed by atoms with Crippen molar-refractivity contribution >= 4 is 23.3 Å². The predicted molar refractivity (Wildman–Crippen MR) is 102 cm³/mol. The van der Waals surface area contributed by atoms with Crippen molar-refractivity contribution in [1.29, 1.82) is 0 Å². The highest BCUT2D eigenvalue weighted by Gasteiger charge is 2.25. The molecule has 1 aromatic heterocycles. The highest BCUT2D eigenvalue weighted by Crippen LogP contribution is 2.25. The second-order valence-corrected chi connectivity index (χ2v) is 6.42. The zero-order valence-electron chi connectivity index (χ0n) is 16.4. The molecule has 0 bridgehead atoms. The van der Waals surface area contributed by atoms with E-state index in [1.807, 2.05) is 13.0 Å². The Bertz CT molecular complexity index is 898. The van der Waals surface area contributed by atoms with Gasteiger partial charge in [0.25, 0.3) is 5.91 Å². The first-order chi connectivity index (χ1) is 12.6. The topological polar surface area (TPSA) is 97.5 Å². The Morgan fingerprint density at radius 2 is 1.81 bits per heavy atom. The van der Waals surface area contributed by atoms with Gasteiger partial charge >= 0.3 is 5.97 Å². The molecule has 7 heteroatoms. The fourth-order valence-corrected chi connectivity index (χ4v) is 2.91. The highest BCUT2D eigenvalue weighted by atomic mass is 16.5. The van der Waals surface area contributed by atoms with E-state index in [-0.39, 0.29) is 11.5 Å². The average molecular weight is 372 g/mol. The van der Waals surface area contributed by atoms with E-state index in [9.17, 15) is 14.4 Å². The van der Waals surface area contributed by atoms with Gasteiger partial charge in [-0.15, -0.1) is 0 Å². The number of carbonyl (C=O) groups is 3. The SMILES string of the molecule is COc1ccc(C)cc1NC(=O)C(C)OC(=O)c1[nH]c(C)c(C(C)=O)c1C. The van der Waals surface area contributed by atoms with Crippen molar-refractivity contribution in [2.75, 3.05) is 12.4 Å². The van der Waals surface area contributed by atoms with Crippen molar-refractivity contribution in [2.24, 2.45) is 0 Å². The number of nitrogens with one attached hydrogen (secondary N) is 2. The molecule has 1 aromatic carbocycles.